The lowest BCUT2D eigenvalue weighted by molar-refractivity contribution is -0.137. The van der Waals surface area contributed by atoms with Gasteiger partial charge in [0.2, 0.25) is 17.7 Å². The highest BCUT2D eigenvalue weighted by molar-refractivity contribution is 6.34. The zero-order valence-electron chi connectivity index (χ0n) is 48.5. The Bertz CT molecular complexity index is 3590. The molecule has 2 saturated heterocycles. The molecular formula is C62H69Cl2F4N11O4. The number of aliphatic imine (C=N–C) groups is 1. The third kappa shape index (κ3) is 12.6. The standard InChI is InChI=1S/C33H35ClF3N7O2.C29H34ClFN4O2/c1-8-25(45)42-14-20(7)43(15-19(42)6)30-22-13-24(34)28(21-11-9-10-12-23(21)33(35,36)37)40-31(22)44(32(46)41-30)29-26(17(2)3)38-16-39-27(29)18(4)5;1-7-26(36)33-15-19(3)34(16-18(33)2)28-22-12-23(30)21(20-10-8-9-11-24(20)31)13-25(22)35(17-29(4,5)6)27(37)14-32-28/h8-13,16-20H,1,14-15H2,2-7H3;7-13,18-19H,1,14-17H2,2-6H3. The molecule has 2 fully saturated rings. The number of rotatable bonds is 9. The SMILES string of the molecule is C=CC(=O)N1CC(C)N(C2=NCC(=O)N(CC(C)(C)C)c3cc(-c4ccccc4F)c(Cl)cc32)CC1C.C=CC(=O)N1CC(C)N(c2nc(=O)n(-c3c(C(C)C)ncnc3C(C)C)c3nc(-c4ccccc4C(F)(F)F)c(Cl)cc23)CC1C. The Kier molecular flexibility index (Phi) is 18.1. The summed E-state index contributed by atoms with van der Waals surface area (Å²) in [6.45, 7) is 31.1. The number of fused-ring (bicyclic) bond motifs is 2. The Morgan fingerprint density at radius 1 is 0.711 bits per heavy atom. The topological polar surface area (TPSA) is 153 Å². The first-order chi connectivity index (χ1) is 39.1. The van der Waals surface area contributed by atoms with Crippen LogP contribution in [0.1, 0.15) is 111 Å². The minimum atomic E-state index is -4.68. The Labute approximate surface area is 491 Å². The van der Waals surface area contributed by atoms with Gasteiger partial charge in [-0.15, -0.1) is 0 Å². The van der Waals surface area contributed by atoms with Crippen molar-refractivity contribution in [2.24, 2.45) is 10.4 Å². The van der Waals surface area contributed by atoms with E-state index in [1.807, 2.05) is 66.4 Å². The van der Waals surface area contributed by atoms with Crippen LogP contribution < -0.4 is 15.5 Å². The summed E-state index contributed by atoms with van der Waals surface area (Å²) in [4.78, 5) is 85.0. The van der Waals surface area contributed by atoms with Crippen molar-refractivity contribution >= 4 is 69.3 Å². The highest BCUT2D eigenvalue weighted by Gasteiger charge is 2.39. The number of benzene rings is 3. The average molecular weight is 1180 g/mol. The van der Waals surface area contributed by atoms with Gasteiger partial charge < -0.3 is 24.5 Å². The van der Waals surface area contributed by atoms with Gasteiger partial charge in [-0.25, -0.2) is 28.7 Å². The van der Waals surface area contributed by atoms with Gasteiger partial charge in [0.1, 0.15) is 30.3 Å². The zero-order chi connectivity index (χ0) is 60.7. The van der Waals surface area contributed by atoms with Crippen LogP contribution in [0, 0.1) is 11.2 Å². The van der Waals surface area contributed by atoms with Gasteiger partial charge in [-0.3, -0.25) is 19.4 Å². The van der Waals surface area contributed by atoms with E-state index in [-0.39, 0.29) is 99.2 Å². The molecule has 21 heteroatoms. The molecule has 0 N–H and O–H groups in total. The summed E-state index contributed by atoms with van der Waals surface area (Å²) in [7, 11) is 0. The second-order valence-corrected chi connectivity index (χ2v) is 24.0. The van der Waals surface area contributed by atoms with Crippen LogP contribution in [-0.2, 0) is 20.6 Å². The normalized spacial score (nSPS) is 18.7. The van der Waals surface area contributed by atoms with Crippen molar-refractivity contribution in [3.05, 3.63) is 147 Å². The number of aromatic nitrogens is 5. The van der Waals surface area contributed by atoms with Crippen LogP contribution in [0.15, 0.2) is 108 Å². The van der Waals surface area contributed by atoms with Crippen LogP contribution in [-0.4, -0.2) is 126 Å². The zero-order valence-corrected chi connectivity index (χ0v) is 50.0. The van der Waals surface area contributed by atoms with E-state index in [0.717, 1.165) is 11.6 Å². The molecule has 6 heterocycles. The predicted octanol–water partition coefficient (Wildman–Crippen LogP) is 12.2. The number of benzodiazepines with no additional fused rings is 1. The largest absolute Gasteiger partial charge is 0.417 e. The van der Waals surface area contributed by atoms with Crippen molar-refractivity contribution in [3.63, 3.8) is 0 Å². The highest BCUT2D eigenvalue weighted by atomic mass is 35.5. The first-order valence-corrected chi connectivity index (χ1v) is 28.3. The lowest BCUT2D eigenvalue weighted by atomic mass is 9.94. The number of hydrogen-bond donors (Lipinski definition) is 0. The highest BCUT2D eigenvalue weighted by Crippen LogP contribution is 2.43. The van der Waals surface area contributed by atoms with Gasteiger partial charge in [0.25, 0.3) is 0 Å². The number of piperazine rings is 2. The van der Waals surface area contributed by atoms with Crippen LogP contribution in [0.4, 0.5) is 29.1 Å². The number of hydrogen-bond acceptors (Lipinski definition) is 11. The molecule has 0 spiro atoms. The van der Waals surface area contributed by atoms with Crippen LogP contribution in [0.5, 0.6) is 0 Å². The number of amidine groups is 1. The van der Waals surface area contributed by atoms with Crippen molar-refractivity contribution in [2.45, 2.75) is 118 Å². The molecule has 3 aromatic heterocycles. The summed E-state index contributed by atoms with van der Waals surface area (Å²) in [5.41, 5.74) is 1.69. The Balaban J connectivity index is 0.000000222. The molecule has 83 heavy (non-hydrogen) atoms. The Morgan fingerprint density at radius 3 is 1.82 bits per heavy atom. The number of alkyl halides is 3. The van der Waals surface area contributed by atoms with Crippen molar-refractivity contribution in [2.75, 3.05) is 49.1 Å². The molecule has 6 aromatic rings. The molecular weight excluding hydrogens is 1110 g/mol. The molecule has 3 amide bonds. The summed E-state index contributed by atoms with van der Waals surface area (Å²) in [6.07, 6.45) is -0.648. The molecule has 4 atom stereocenters. The van der Waals surface area contributed by atoms with Gasteiger partial charge >= 0.3 is 11.9 Å². The number of halogens is 6. The molecule has 0 saturated carbocycles. The fourth-order valence-electron chi connectivity index (χ4n) is 11.0. The second-order valence-electron chi connectivity index (χ2n) is 23.2. The average Bonchev–Trinajstić information content (AvgIpc) is 2.60. The third-order valence-electron chi connectivity index (χ3n) is 15.0. The molecule has 3 aliphatic heterocycles. The molecule has 15 nitrogen and oxygen atoms in total. The molecule has 9 rings (SSSR count). The van der Waals surface area contributed by atoms with Crippen molar-refractivity contribution in [1.82, 2.24) is 39.2 Å². The first kappa shape index (κ1) is 61.6. The molecule has 438 valence electrons. The van der Waals surface area contributed by atoms with E-state index in [1.54, 1.807) is 39.0 Å². The van der Waals surface area contributed by atoms with Crippen LogP contribution in [0.3, 0.4) is 0 Å². The maximum atomic E-state index is 14.8. The van der Waals surface area contributed by atoms with E-state index in [4.69, 9.17) is 33.2 Å². The molecule has 4 unspecified atom stereocenters. The molecule has 0 radical (unpaired) electrons. The van der Waals surface area contributed by atoms with E-state index in [2.05, 4.69) is 53.8 Å². The first-order valence-electron chi connectivity index (χ1n) is 27.5. The third-order valence-corrected chi connectivity index (χ3v) is 15.6. The number of nitrogens with zero attached hydrogens (tertiary/aromatic N) is 11. The maximum absolute atomic E-state index is 14.8. The van der Waals surface area contributed by atoms with Gasteiger partial charge in [-0.1, -0.05) is 121 Å². The molecule has 3 aliphatic rings. The smallest absolute Gasteiger partial charge is 0.350 e. The van der Waals surface area contributed by atoms with Crippen LogP contribution in [0.25, 0.3) is 39.1 Å². The lowest BCUT2D eigenvalue weighted by Gasteiger charge is -2.45. The summed E-state index contributed by atoms with van der Waals surface area (Å²) in [5, 5.41) is 0.688. The van der Waals surface area contributed by atoms with E-state index >= 15 is 0 Å². The fraction of sp³-hybridized carbons (Fsp3) is 0.403. The maximum Gasteiger partial charge on any atom is 0.417 e. The minimum Gasteiger partial charge on any atom is -0.350 e. The second kappa shape index (κ2) is 24.4. The van der Waals surface area contributed by atoms with Crippen LogP contribution >= 0.6 is 23.2 Å². The van der Waals surface area contributed by atoms with Gasteiger partial charge in [-0.2, -0.15) is 18.2 Å². The number of carbonyl (C=O) groups is 3. The predicted molar refractivity (Wildman–Crippen MR) is 320 cm³/mol. The van der Waals surface area contributed by atoms with Crippen LogP contribution in [0.2, 0.25) is 10.0 Å². The van der Waals surface area contributed by atoms with Gasteiger partial charge in [0.05, 0.1) is 44.4 Å². The molecule has 3 aromatic carbocycles. The molecule has 0 bridgehead atoms. The number of anilines is 2. The van der Waals surface area contributed by atoms with Crippen molar-refractivity contribution in [3.8, 4) is 28.1 Å². The fourth-order valence-corrected chi connectivity index (χ4v) is 11.5. The summed E-state index contributed by atoms with van der Waals surface area (Å²) >= 11 is 13.6. The number of carbonyl (C=O) groups excluding carboxylic acids is 3. The number of amides is 3. The monoisotopic (exact) mass is 1180 g/mol. The van der Waals surface area contributed by atoms with E-state index in [9.17, 15) is 36.7 Å². The lowest BCUT2D eigenvalue weighted by Crippen LogP contribution is -2.59. The summed E-state index contributed by atoms with van der Waals surface area (Å²) in [6, 6.07) is 16.0. The van der Waals surface area contributed by atoms with Crippen molar-refractivity contribution in [1.29, 1.82) is 0 Å². The van der Waals surface area contributed by atoms with E-state index in [1.165, 1.54) is 53.4 Å². The van der Waals surface area contributed by atoms with E-state index < -0.39 is 17.4 Å². The van der Waals surface area contributed by atoms with Gasteiger partial charge in [-0.05, 0) is 87.4 Å². The molecule has 0 aliphatic carbocycles. The Morgan fingerprint density at radius 2 is 1.27 bits per heavy atom. The van der Waals surface area contributed by atoms with Gasteiger partial charge in [0.15, 0.2) is 5.65 Å². The summed E-state index contributed by atoms with van der Waals surface area (Å²) < 4.78 is 58.6. The quantitative estimate of drug-likeness (QED) is 0.101. The van der Waals surface area contributed by atoms with Crippen molar-refractivity contribution < 1.29 is 31.9 Å². The minimum absolute atomic E-state index is 0.0142. The Hall–Kier alpha value is -7.51. The summed E-state index contributed by atoms with van der Waals surface area (Å²) in [5.74, 6) is -0.201. The number of pyridine rings is 1. The van der Waals surface area contributed by atoms with Gasteiger partial charge in [0, 0.05) is 84.2 Å². The van der Waals surface area contributed by atoms with E-state index in [0.29, 0.717) is 82.9 Å².